The van der Waals surface area contributed by atoms with Gasteiger partial charge in [-0.2, -0.15) is 0 Å². The van der Waals surface area contributed by atoms with Gasteiger partial charge in [0.1, 0.15) is 6.04 Å². The molecule has 2 N–H and O–H groups in total. The highest BCUT2D eigenvalue weighted by molar-refractivity contribution is 6.31. The van der Waals surface area contributed by atoms with E-state index in [1.165, 1.54) is 4.90 Å². The van der Waals surface area contributed by atoms with E-state index in [0.717, 1.165) is 29.3 Å². The summed E-state index contributed by atoms with van der Waals surface area (Å²) in [6.45, 7) is 0.513. The van der Waals surface area contributed by atoms with Crippen molar-refractivity contribution in [2.45, 2.75) is 31.7 Å². The number of carbonyl (C=O) groups is 2. The lowest BCUT2D eigenvalue weighted by Gasteiger charge is -2.33. The van der Waals surface area contributed by atoms with E-state index in [0.29, 0.717) is 18.0 Å². The van der Waals surface area contributed by atoms with Gasteiger partial charge in [-0.05, 0) is 43.0 Å². The molecule has 1 aliphatic heterocycles. The van der Waals surface area contributed by atoms with Crippen LogP contribution in [0.3, 0.4) is 0 Å². The standard InChI is InChI=1S/C16H17ClN2O3/c17-11-4-5-13-12(8-11)10(9-18-13)7-15(20)19-6-2-1-3-14(19)16(21)22/h4-5,8-9,14,18H,1-3,6-7H2,(H,21,22)/t14-/m1/s1. The van der Waals surface area contributed by atoms with Crippen molar-refractivity contribution >= 4 is 34.4 Å². The number of hydrogen-bond acceptors (Lipinski definition) is 2. The number of rotatable bonds is 3. The summed E-state index contributed by atoms with van der Waals surface area (Å²) in [5, 5.41) is 10.8. The highest BCUT2D eigenvalue weighted by Gasteiger charge is 2.31. The lowest BCUT2D eigenvalue weighted by Crippen LogP contribution is -2.48. The highest BCUT2D eigenvalue weighted by atomic mass is 35.5. The third-order valence-electron chi connectivity index (χ3n) is 4.18. The SMILES string of the molecule is O=C(O)[C@H]1CCCCN1C(=O)Cc1c[nH]c2ccc(Cl)cc12. The Balaban J connectivity index is 1.83. The van der Waals surface area contributed by atoms with Gasteiger partial charge in [-0.15, -0.1) is 0 Å². The Morgan fingerprint density at radius 1 is 1.36 bits per heavy atom. The molecular formula is C16H17ClN2O3. The molecule has 1 aromatic heterocycles. The number of benzene rings is 1. The molecule has 6 heteroatoms. The van der Waals surface area contributed by atoms with Crippen LogP contribution in [0.15, 0.2) is 24.4 Å². The van der Waals surface area contributed by atoms with E-state index in [4.69, 9.17) is 11.6 Å². The van der Waals surface area contributed by atoms with Gasteiger partial charge in [0.15, 0.2) is 0 Å². The minimum Gasteiger partial charge on any atom is -0.480 e. The number of halogens is 1. The van der Waals surface area contributed by atoms with E-state index in [-0.39, 0.29) is 12.3 Å². The van der Waals surface area contributed by atoms with Crippen molar-refractivity contribution in [3.8, 4) is 0 Å². The molecule has 2 aromatic rings. The van der Waals surface area contributed by atoms with Crippen molar-refractivity contribution in [1.82, 2.24) is 9.88 Å². The molecule has 1 aliphatic rings. The number of piperidine rings is 1. The van der Waals surface area contributed by atoms with E-state index in [9.17, 15) is 14.7 Å². The monoisotopic (exact) mass is 320 g/mol. The number of fused-ring (bicyclic) bond motifs is 1. The maximum Gasteiger partial charge on any atom is 0.326 e. The van der Waals surface area contributed by atoms with Gasteiger partial charge < -0.3 is 15.0 Å². The molecule has 0 radical (unpaired) electrons. The Bertz CT molecular complexity index is 725. The summed E-state index contributed by atoms with van der Waals surface area (Å²) in [6, 6.07) is 4.78. The van der Waals surface area contributed by atoms with Crippen LogP contribution in [0, 0.1) is 0 Å². The van der Waals surface area contributed by atoms with E-state index < -0.39 is 12.0 Å². The van der Waals surface area contributed by atoms with Crippen LogP contribution in [0.4, 0.5) is 0 Å². The topological polar surface area (TPSA) is 73.4 Å². The third kappa shape index (κ3) is 2.81. The predicted octanol–water partition coefficient (Wildman–Crippen LogP) is 2.83. The molecule has 1 saturated heterocycles. The van der Waals surface area contributed by atoms with Crippen LogP contribution in [0.25, 0.3) is 10.9 Å². The van der Waals surface area contributed by atoms with E-state index in [1.54, 1.807) is 12.3 Å². The second kappa shape index (κ2) is 6.01. The smallest absolute Gasteiger partial charge is 0.326 e. The average molecular weight is 321 g/mol. The fourth-order valence-corrected chi connectivity index (χ4v) is 3.22. The number of carboxylic acid groups (broad SMARTS) is 1. The molecule has 2 heterocycles. The second-order valence-corrected chi connectivity index (χ2v) is 6.05. The van der Waals surface area contributed by atoms with E-state index >= 15 is 0 Å². The summed E-state index contributed by atoms with van der Waals surface area (Å²) < 4.78 is 0. The minimum atomic E-state index is -0.921. The van der Waals surface area contributed by atoms with Crippen LogP contribution in [0.2, 0.25) is 5.02 Å². The zero-order valence-corrected chi connectivity index (χ0v) is 12.8. The fourth-order valence-electron chi connectivity index (χ4n) is 3.05. The first-order chi connectivity index (χ1) is 10.6. The van der Waals surface area contributed by atoms with Crippen molar-refractivity contribution in [2.24, 2.45) is 0 Å². The summed E-state index contributed by atoms with van der Waals surface area (Å²) in [5.41, 5.74) is 1.76. The van der Waals surface area contributed by atoms with Crippen LogP contribution in [0.5, 0.6) is 0 Å². The van der Waals surface area contributed by atoms with Gasteiger partial charge in [-0.25, -0.2) is 4.79 Å². The molecule has 22 heavy (non-hydrogen) atoms. The molecule has 1 fully saturated rings. The Morgan fingerprint density at radius 2 is 2.18 bits per heavy atom. The number of nitrogens with one attached hydrogen (secondary N) is 1. The number of carboxylic acids is 1. The van der Waals surface area contributed by atoms with Crippen molar-refractivity contribution in [2.75, 3.05) is 6.54 Å². The summed E-state index contributed by atoms with van der Waals surface area (Å²) in [6.07, 6.45) is 4.21. The largest absolute Gasteiger partial charge is 0.480 e. The molecule has 116 valence electrons. The minimum absolute atomic E-state index is 0.145. The number of hydrogen-bond donors (Lipinski definition) is 2. The van der Waals surface area contributed by atoms with E-state index in [2.05, 4.69) is 4.98 Å². The van der Waals surface area contributed by atoms with Crippen molar-refractivity contribution in [3.63, 3.8) is 0 Å². The number of H-pyrrole nitrogens is 1. The Kier molecular flexibility index (Phi) is 4.07. The third-order valence-corrected chi connectivity index (χ3v) is 4.41. The van der Waals surface area contributed by atoms with Gasteiger partial charge in [0.05, 0.1) is 6.42 Å². The number of likely N-dealkylation sites (tertiary alicyclic amines) is 1. The lowest BCUT2D eigenvalue weighted by atomic mass is 10.0. The van der Waals surface area contributed by atoms with E-state index in [1.807, 2.05) is 12.1 Å². The first-order valence-electron chi connectivity index (χ1n) is 7.34. The van der Waals surface area contributed by atoms with Gasteiger partial charge in [-0.1, -0.05) is 11.6 Å². The molecule has 1 atom stereocenters. The van der Waals surface area contributed by atoms with Crippen LogP contribution in [0.1, 0.15) is 24.8 Å². The van der Waals surface area contributed by atoms with Gasteiger partial charge >= 0.3 is 5.97 Å². The van der Waals surface area contributed by atoms with Crippen molar-refractivity contribution in [3.05, 3.63) is 35.0 Å². The number of aliphatic carboxylic acids is 1. The molecule has 1 aromatic carbocycles. The first kappa shape index (κ1) is 14.9. The fraction of sp³-hybridized carbons (Fsp3) is 0.375. The molecule has 0 aliphatic carbocycles. The number of carbonyl (C=O) groups excluding carboxylic acids is 1. The van der Waals surface area contributed by atoms with Crippen molar-refractivity contribution in [1.29, 1.82) is 0 Å². The summed E-state index contributed by atoms with van der Waals surface area (Å²) in [4.78, 5) is 28.4. The molecule has 0 unspecified atom stereocenters. The highest BCUT2D eigenvalue weighted by Crippen LogP contribution is 2.24. The molecule has 0 saturated carbocycles. The summed E-state index contributed by atoms with van der Waals surface area (Å²) >= 11 is 6.01. The molecule has 0 bridgehead atoms. The van der Waals surface area contributed by atoms with Crippen LogP contribution < -0.4 is 0 Å². The molecular weight excluding hydrogens is 304 g/mol. The van der Waals surface area contributed by atoms with Crippen LogP contribution >= 0.6 is 11.6 Å². The molecule has 1 amide bonds. The molecule has 5 nitrogen and oxygen atoms in total. The maximum atomic E-state index is 12.5. The van der Waals surface area contributed by atoms with Crippen molar-refractivity contribution < 1.29 is 14.7 Å². The average Bonchev–Trinajstić information content (AvgIpc) is 2.89. The molecule has 0 spiro atoms. The van der Waals surface area contributed by atoms with Gasteiger partial charge in [0.2, 0.25) is 5.91 Å². The number of nitrogens with zero attached hydrogens (tertiary/aromatic N) is 1. The lowest BCUT2D eigenvalue weighted by molar-refractivity contribution is -0.151. The number of aromatic amines is 1. The van der Waals surface area contributed by atoms with Crippen LogP contribution in [-0.2, 0) is 16.0 Å². The Morgan fingerprint density at radius 3 is 2.95 bits per heavy atom. The number of amides is 1. The predicted molar refractivity (Wildman–Crippen MR) is 84.0 cm³/mol. The zero-order valence-electron chi connectivity index (χ0n) is 12.0. The van der Waals surface area contributed by atoms with Crippen LogP contribution in [-0.4, -0.2) is 39.5 Å². The van der Waals surface area contributed by atoms with Gasteiger partial charge in [-0.3, -0.25) is 4.79 Å². The van der Waals surface area contributed by atoms with Gasteiger partial charge in [0, 0.05) is 28.7 Å². The Labute approximate surface area is 132 Å². The maximum absolute atomic E-state index is 12.5. The number of aromatic nitrogens is 1. The van der Waals surface area contributed by atoms with Gasteiger partial charge in [0.25, 0.3) is 0 Å². The normalized spacial score (nSPS) is 18.6. The quantitative estimate of drug-likeness (QED) is 0.913. The second-order valence-electron chi connectivity index (χ2n) is 5.62. The molecule has 3 rings (SSSR count). The summed E-state index contributed by atoms with van der Waals surface area (Å²) in [7, 11) is 0. The zero-order chi connectivity index (χ0) is 15.7. The Hall–Kier alpha value is -2.01. The first-order valence-corrected chi connectivity index (χ1v) is 7.72. The summed E-state index contributed by atoms with van der Waals surface area (Å²) in [5.74, 6) is -1.07.